The summed E-state index contributed by atoms with van der Waals surface area (Å²) < 4.78 is 1.90. The molecular formula is C46H32IrN3S. The summed E-state index contributed by atoms with van der Waals surface area (Å²) in [6, 6.07) is 61.8. The summed E-state index contributed by atoms with van der Waals surface area (Å²) in [6.45, 7) is 0. The van der Waals surface area contributed by atoms with Crippen molar-refractivity contribution < 1.29 is 20.1 Å². The Morgan fingerprint density at radius 2 is 1.14 bits per heavy atom. The van der Waals surface area contributed by atoms with Gasteiger partial charge in [0.25, 0.3) is 0 Å². The van der Waals surface area contributed by atoms with Crippen LogP contribution in [0.2, 0.25) is 0 Å². The molecule has 3 nitrogen and oxygen atoms in total. The Bertz CT molecular complexity index is 2320. The second kappa shape index (κ2) is 14.5. The van der Waals surface area contributed by atoms with Crippen LogP contribution in [0.4, 0.5) is 0 Å². The molecule has 2 aliphatic rings. The third-order valence-electron chi connectivity index (χ3n) is 9.39. The van der Waals surface area contributed by atoms with Gasteiger partial charge in [-0.05, 0) is 74.0 Å². The third-order valence-corrected chi connectivity index (χ3v) is 10.3. The van der Waals surface area contributed by atoms with Crippen molar-refractivity contribution in [3.8, 4) is 39.1 Å². The van der Waals surface area contributed by atoms with Gasteiger partial charge in [0.2, 0.25) is 0 Å². The van der Waals surface area contributed by atoms with Gasteiger partial charge >= 0.3 is 20.1 Å². The summed E-state index contributed by atoms with van der Waals surface area (Å²) in [7, 11) is 0. The smallest absolute Gasteiger partial charge is 0.358 e. The molecule has 1 spiro atoms. The first-order valence-electron chi connectivity index (χ1n) is 16.3. The second-order valence-corrected chi connectivity index (χ2v) is 13.1. The van der Waals surface area contributed by atoms with Crippen molar-refractivity contribution in [2.75, 3.05) is 0 Å². The topological polar surface area (TPSA) is 30.7 Å². The van der Waals surface area contributed by atoms with Gasteiger partial charge in [0.1, 0.15) is 0 Å². The van der Waals surface area contributed by atoms with Crippen molar-refractivity contribution in [1.82, 2.24) is 14.8 Å². The zero-order valence-corrected chi connectivity index (χ0v) is 31.0. The molecule has 2 heterocycles. The molecule has 0 atom stereocenters. The van der Waals surface area contributed by atoms with Gasteiger partial charge in [-0.2, -0.15) is 59.7 Å². The average Bonchev–Trinajstić information content (AvgIpc) is 3.87. The number of pyridine rings is 1. The second-order valence-electron chi connectivity index (χ2n) is 12.1. The van der Waals surface area contributed by atoms with Crippen LogP contribution < -0.4 is 0 Å². The van der Waals surface area contributed by atoms with E-state index in [0.717, 1.165) is 21.2 Å². The molecule has 2 aliphatic carbocycles. The average molecular weight is 851 g/mol. The largest absolute Gasteiger partial charge is 3.00 e. The van der Waals surface area contributed by atoms with Crippen LogP contribution in [-0.4, -0.2) is 14.8 Å². The summed E-state index contributed by atoms with van der Waals surface area (Å²) in [4.78, 5) is 5.32. The number of hydrogen-bond donors (Lipinski definition) is 0. The Hall–Kier alpha value is -5.32. The van der Waals surface area contributed by atoms with Crippen LogP contribution in [0.15, 0.2) is 186 Å². The van der Waals surface area contributed by atoms with E-state index < -0.39 is 0 Å². The number of fused-ring (bicyclic) bond motifs is 10. The Balaban J connectivity index is 0.000000230. The fraction of sp³-hybridized carbons (Fsp3) is 0.0217. The normalized spacial score (nSPS) is 12.2. The summed E-state index contributed by atoms with van der Waals surface area (Å²) in [5.74, 6) is 0. The minimum Gasteiger partial charge on any atom is -0.358 e. The quantitative estimate of drug-likeness (QED) is 0.165. The standard InChI is InChI=1S/C34H21N2.C11H8NS.CH3.Ir/c1-2-10-25(11-3-1)36-22-24(21-35-36)23-18-19-29-28-14-6-9-17-32(28)34(33(29)20-23)30-15-7-4-12-26(30)27-13-5-8-16-31(27)34;1-2-6-10(7-3-1)13-11-8-4-5-9-12-11;;/h1-10,12-22H;1-6,8-9H;1H3;/q3*-1;+3. The number of benzene rings is 6. The summed E-state index contributed by atoms with van der Waals surface area (Å²) >= 11 is 1.62. The van der Waals surface area contributed by atoms with E-state index >= 15 is 0 Å². The van der Waals surface area contributed by atoms with E-state index in [2.05, 4.69) is 119 Å². The Morgan fingerprint density at radius 1 is 0.549 bits per heavy atom. The van der Waals surface area contributed by atoms with Gasteiger partial charge in [0.05, 0.1) is 16.6 Å². The summed E-state index contributed by atoms with van der Waals surface area (Å²) in [5, 5.41) is 5.65. The van der Waals surface area contributed by atoms with Gasteiger partial charge in [-0.25, -0.2) is 4.98 Å². The summed E-state index contributed by atoms with van der Waals surface area (Å²) in [6.07, 6.45) is 5.85. The van der Waals surface area contributed by atoms with Crippen molar-refractivity contribution in [3.63, 3.8) is 0 Å². The van der Waals surface area contributed by atoms with E-state index in [9.17, 15) is 0 Å². The third kappa shape index (κ3) is 5.88. The molecule has 6 aromatic carbocycles. The maximum Gasteiger partial charge on any atom is 3.00 e. The molecule has 0 unspecified atom stereocenters. The Labute approximate surface area is 317 Å². The van der Waals surface area contributed by atoms with Crippen LogP contribution in [0.25, 0.3) is 39.1 Å². The van der Waals surface area contributed by atoms with Crippen LogP contribution in [-0.2, 0) is 25.5 Å². The van der Waals surface area contributed by atoms with Gasteiger partial charge < -0.3 is 7.43 Å². The minimum absolute atomic E-state index is 0. The molecule has 0 bridgehead atoms. The fourth-order valence-electron chi connectivity index (χ4n) is 7.36. The number of rotatable bonds is 4. The van der Waals surface area contributed by atoms with Gasteiger partial charge in [-0.15, -0.1) is 6.07 Å². The minimum atomic E-state index is -0.321. The molecule has 51 heavy (non-hydrogen) atoms. The maximum atomic E-state index is 4.64. The van der Waals surface area contributed by atoms with Crippen molar-refractivity contribution in [1.29, 1.82) is 0 Å². The van der Waals surface area contributed by atoms with Gasteiger partial charge in [-0.3, -0.25) is 4.68 Å². The molecule has 246 valence electrons. The van der Waals surface area contributed by atoms with Gasteiger partial charge in [0.15, 0.2) is 0 Å². The summed E-state index contributed by atoms with van der Waals surface area (Å²) in [5.41, 5.74) is 13.6. The van der Waals surface area contributed by atoms with E-state index in [0.29, 0.717) is 0 Å². The predicted molar refractivity (Wildman–Crippen MR) is 204 cm³/mol. The van der Waals surface area contributed by atoms with E-state index in [-0.39, 0.29) is 32.9 Å². The first kappa shape index (κ1) is 34.1. The predicted octanol–water partition coefficient (Wildman–Crippen LogP) is 11.2. The van der Waals surface area contributed by atoms with Crippen molar-refractivity contribution in [2.45, 2.75) is 15.3 Å². The van der Waals surface area contributed by atoms with E-state index in [1.54, 1.807) is 18.0 Å². The molecule has 0 fully saturated rings. The zero-order valence-electron chi connectivity index (χ0n) is 27.8. The SMILES string of the molecule is [CH3-].[Ir+3].[c-]1ccccc1-n1cc(-c2ccc3c(c2)C2(c4ccccc4-c4ccccc42)c2ccccc2-3)cn1.[c-]1ccccc1Sc1ccccn1. The Morgan fingerprint density at radius 3 is 1.73 bits per heavy atom. The fourth-order valence-corrected chi connectivity index (χ4v) is 8.12. The number of aromatic nitrogens is 3. The van der Waals surface area contributed by atoms with Crippen LogP contribution in [0, 0.1) is 19.6 Å². The van der Waals surface area contributed by atoms with Crippen LogP contribution >= 0.6 is 11.8 Å². The first-order valence-corrected chi connectivity index (χ1v) is 17.1. The molecule has 8 aromatic rings. The van der Waals surface area contributed by atoms with Gasteiger partial charge in [-0.1, -0.05) is 108 Å². The molecule has 0 radical (unpaired) electrons. The van der Waals surface area contributed by atoms with E-state index in [1.807, 2.05) is 77.6 Å². The molecule has 5 heteroatoms. The van der Waals surface area contributed by atoms with E-state index in [4.69, 9.17) is 0 Å². The number of hydrogen-bond acceptors (Lipinski definition) is 3. The monoisotopic (exact) mass is 851 g/mol. The molecule has 0 saturated carbocycles. The molecule has 0 aliphatic heterocycles. The van der Waals surface area contributed by atoms with Crippen LogP contribution in [0.1, 0.15) is 22.3 Å². The molecule has 2 aromatic heterocycles. The zero-order chi connectivity index (χ0) is 32.6. The maximum absolute atomic E-state index is 4.64. The number of para-hydroxylation sites is 1. The molecular weight excluding hydrogens is 819 g/mol. The van der Waals surface area contributed by atoms with Gasteiger partial charge in [0, 0.05) is 18.0 Å². The van der Waals surface area contributed by atoms with Crippen molar-refractivity contribution >= 4 is 11.8 Å². The van der Waals surface area contributed by atoms with Crippen molar-refractivity contribution in [2.24, 2.45) is 0 Å². The molecule has 0 N–H and O–H groups in total. The van der Waals surface area contributed by atoms with E-state index in [1.165, 1.54) is 50.1 Å². The Kier molecular flexibility index (Phi) is 9.71. The van der Waals surface area contributed by atoms with Crippen LogP contribution in [0.3, 0.4) is 0 Å². The molecule has 10 rings (SSSR count). The number of nitrogens with zero attached hydrogens (tertiary/aromatic N) is 3. The molecule has 0 saturated heterocycles. The van der Waals surface area contributed by atoms with Crippen molar-refractivity contribution in [3.05, 3.63) is 218 Å². The first-order chi connectivity index (χ1) is 24.3. The van der Waals surface area contributed by atoms with Crippen LogP contribution in [0.5, 0.6) is 0 Å². The molecule has 0 amide bonds.